The second-order valence-electron chi connectivity index (χ2n) is 11.5. The molecule has 0 bridgehead atoms. The first-order chi connectivity index (χ1) is 17.7. The van der Waals surface area contributed by atoms with Gasteiger partial charge < -0.3 is 14.4 Å². The normalized spacial score (nSPS) is 17.1. The van der Waals surface area contributed by atoms with Gasteiger partial charge in [0.05, 0.1) is 14.2 Å². The van der Waals surface area contributed by atoms with Gasteiger partial charge in [0, 0.05) is 29.8 Å². The van der Waals surface area contributed by atoms with E-state index in [2.05, 4.69) is 68.1 Å². The van der Waals surface area contributed by atoms with E-state index in [1.807, 2.05) is 29.2 Å². The number of piperidine rings is 1. The number of hydrogen-bond acceptors (Lipinski definition) is 4. The van der Waals surface area contributed by atoms with Crippen molar-refractivity contribution in [1.82, 2.24) is 4.90 Å². The fraction of sp³-hybridized carbons (Fsp3) is 0.406. The minimum Gasteiger partial charge on any atom is -0.497 e. The zero-order valence-corrected chi connectivity index (χ0v) is 22.7. The molecule has 0 unspecified atom stereocenters. The van der Waals surface area contributed by atoms with Crippen LogP contribution in [0.4, 0.5) is 5.69 Å². The van der Waals surface area contributed by atoms with Crippen LogP contribution in [0.25, 0.3) is 0 Å². The first-order valence-electron chi connectivity index (χ1n) is 13.2. The van der Waals surface area contributed by atoms with E-state index in [0.717, 1.165) is 55.2 Å². The molecule has 0 aliphatic carbocycles. The van der Waals surface area contributed by atoms with Gasteiger partial charge in [0.25, 0.3) is 5.91 Å². The molecule has 1 saturated heterocycles. The third-order valence-corrected chi connectivity index (χ3v) is 8.12. The molecular formula is C32H38N2O3. The number of ether oxygens (including phenoxy) is 2. The summed E-state index contributed by atoms with van der Waals surface area (Å²) >= 11 is 0. The highest BCUT2D eigenvalue weighted by atomic mass is 16.5. The summed E-state index contributed by atoms with van der Waals surface area (Å²) in [6, 6.07) is 22.6. The zero-order chi connectivity index (χ0) is 26.2. The molecule has 5 nitrogen and oxygen atoms in total. The van der Waals surface area contributed by atoms with Crippen LogP contribution >= 0.6 is 0 Å². The van der Waals surface area contributed by atoms with Crippen LogP contribution in [0.3, 0.4) is 0 Å². The van der Waals surface area contributed by atoms with Crippen molar-refractivity contribution in [3.05, 3.63) is 89.0 Å². The van der Waals surface area contributed by atoms with E-state index in [4.69, 9.17) is 9.47 Å². The van der Waals surface area contributed by atoms with Crippen molar-refractivity contribution >= 4 is 11.6 Å². The number of anilines is 1. The highest BCUT2D eigenvalue weighted by Crippen LogP contribution is 2.49. The molecule has 0 atom stereocenters. The van der Waals surface area contributed by atoms with E-state index in [0.29, 0.717) is 6.54 Å². The van der Waals surface area contributed by atoms with E-state index in [-0.39, 0.29) is 16.7 Å². The van der Waals surface area contributed by atoms with Gasteiger partial charge in [0.2, 0.25) is 0 Å². The van der Waals surface area contributed by atoms with Gasteiger partial charge in [-0.3, -0.25) is 9.69 Å². The maximum Gasteiger partial charge on any atom is 0.258 e. The largest absolute Gasteiger partial charge is 0.497 e. The number of methoxy groups -OCH3 is 2. The molecule has 3 aromatic rings. The van der Waals surface area contributed by atoms with Crippen LogP contribution in [0.2, 0.25) is 0 Å². The Morgan fingerprint density at radius 2 is 1.57 bits per heavy atom. The number of benzene rings is 3. The quantitative estimate of drug-likeness (QED) is 0.420. The van der Waals surface area contributed by atoms with Gasteiger partial charge in [0.15, 0.2) is 0 Å². The number of amides is 1. The average Bonchev–Trinajstić information content (AvgIpc) is 3.22. The lowest BCUT2D eigenvalue weighted by Gasteiger charge is -2.40. The molecule has 5 rings (SSSR count). The van der Waals surface area contributed by atoms with Gasteiger partial charge >= 0.3 is 0 Å². The van der Waals surface area contributed by atoms with Crippen LogP contribution in [0.1, 0.15) is 60.7 Å². The minimum absolute atomic E-state index is 0.0568. The maximum atomic E-state index is 13.8. The summed E-state index contributed by atoms with van der Waals surface area (Å²) in [5.41, 5.74) is 5.49. The van der Waals surface area contributed by atoms with Crippen LogP contribution in [0.15, 0.2) is 66.7 Å². The minimum atomic E-state index is -0.0598. The van der Waals surface area contributed by atoms with Crippen LogP contribution in [0, 0.1) is 0 Å². The van der Waals surface area contributed by atoms with Crippen LogP contribution in [0.5, 0.6) is 11.5 Å². The Bertz CT molecular complexity index is 1270. The number of carbonyl (C=O) groups is 1. The van der Waals surface area contributed by atoms with E-state index >= 15 is 0 Å². The van der Waals surface area contributed by atoms with Crippen molar-refractivity contribution in [3.63, 3.8) is 0 Å². The second-order valence-corrected chi connectivity index (χ2v) is 11.5. The van der Waals surface area contributed by atoms with Gasteiger partial charge in [-0.2, -0.15) is 0 Å². The summed E-state index contributed by atoms with van der Waals surface area (Å²) in [4.78, 5) is 18.3. The van der Waals surface area contributed by atoms with Crippen molar-refractivity contribution in [3.8, 4) is 11.5 Å². The molecule has 194 valence electrons. The molecule has 37 heavy (non-hydrogen) atoms. The van der Waals surface area contributed by atoms with E-state index < -0.39 is 0 Å². The van der Waals surface area contributed by atoms with Gasteiger partial charge in [0.1, 0.15) is 11.5 Å². The molecule has 5 heteroatoms. The molecule has 2 heterocycles. The Morgan fingerprint density at radius 1 is 0.892 bits per heavy atom. The number of fused-ring (bicyclic) bond motifs is 2. The first-order valence-corrected chi connectivity index (χ1v) is 13.2. The predicted octanol–water partition coefficient (Wildman–Crippen LogP) is 6.20. The van der Waals surface area contributed by atoms with Crippen molar-refractivity contribution < 1.29 is 14.3 Å². The Morgan fingerprint density at radius 3 is 2.22 bits per heavy atom. The third kappa shape index (κ3) is 4.97. The molecule has 2 aliphatic heterocycles. The van der Waals surface area contributed by atoms with Crippen LogP contribution < -0.4 is 14.4 Å². The second kappa shape index (κ2) is 9.86. The number of hydrogen-bond donors (Lipinski definition) is 0. The summed E-state index contributed by atoms with van der Waals surface area (Å²) in [5.74, 6) is 1.82. The number of rotatable bonds is 5. The summed E-state index contributed by atoms with van der Waals surface area (Å²) in [6.07, 6.45) is 2.01. The third-order valence-electron chi connectivity index (χ3n) is 8.12. The highest BCUT2D eigenvalue weighted by molar-refractivity contribution is 6.07. The number of carbonyl (C=O) groups excluding carboxylic acids is 1. The first kappa shape index (κ1) is 25.3. The zero-order valence-electron chi connectivity index (χ0n) is 22.7. The predicted molar refractivity (Wildman–Crippen MR) is 149 cm³/mol. The topological polar surface area (TPSA) is 42.0 Å². The summed E-state index contributed by atoms with van der Waals surface area (Å²) in [5, 5.41) is 0. The standard InChI is InChI=1S/C32H38N2O3/c1-31(2,3)25-11-9-24(10-12-25)30(35)34-22-32(28-20-27(37-5)13-14-29(28)34)15-17-33(18-16-32)21-23-7-6-8-26(19-23)36-4/h6-14,19-20H,15-18,21-22H2,1-5H3. The fourth-order valence-electron chi connectivity index (χ4n) is 5.82. The summed E-state index contributed by atoms with van der Waals surface area (Å²) in [7, 11) is 3.42. The van der Waals surface area contributed by atoms with Crippen molar-refractivity contribution in [1.29, 1.82) is 0 Å². The fourth-order valence-corrected chi connectivity index (χ4v) is 5.82. The van der Waals surface area contributed by atoms with Crippen molar-refractivity contribution in [2.45, 2.75) is 51.0 Å². The van der Waals surface area contributed by atoms with Gasteiger partial charge in [-0.05, 0) is 90.5 Å². The number of nitrogens with zero attached hydrogens (tertiary/aromatic N) is 2. The molecule has 0 N–H and O–H groups in total. The maximum absolute atomic E-state index is 13.8. The Balaban J connectivity index is 1.38. The van der Waals surface area contributed by atoms with E-state index in [9.17, 15) is 4.79 Å². The molecule has 2 aliphatic rings. The average molecular weight is 499 g/mol. The van der Waals surface area contributed by atoms with Gasteiger partial charge in [-0.15, -0.1) is 0 Å². The molecule has 0 radical (unpaired) electrons. The van der Waals surface area contributed by atoms with Crippen LogP contribution in [-0.2, 0) is 17.4 Å². The molecular weight excluding hydrogens is 460 g/mol. The van der Waals surface area contributed by atoms with Gasteiger partial charge in [-0.25, -0.2) is 0 Å². The Hall–Kier alpha value is -3.31. The molecule has 0 saturated carbocycles. The Kier molecular flexibility index (Phi) is 6.76. The van der Waals surface area contributed by atoms with E-state index in [1.54, 1.807) is 14.2 Å². The smallest absolute Gasteiger partial charge is 0.258 e. The Labute approximate surface area is 221 Å². The molecule has 1 fully saturated rings. The van der Waals surface area contributed by atoms with E-state index in [1.165, 1.54) is 16.7 Å². The molecule has 1 amide bonds. The molecule has 1 spiro atoms. The lowest BCUT2D eigenvalue weighted by Crippen LogP contribution is -2.45. The lowest BCUT2D eigenvalue weighted by atomic mass is 9.74. The monoisotopic (exact) mass is 498 g/mol. The van der Waals surface area contributed by atoms with Gasteiger partial charge in [-0.1, -0.05) is 45.0 Å². The SMILES string of the molecule is COc1cccc(CN2CCC3(CC2)CN(C(=O)c2ccc(C(C)(C)C)cc2)c2ccc(OC)cc23)c1. The van der Waals surface area contributed by atoms with Crippen molar-refractivity contribution in [2.75, 3.05) is 38.8 Å². The van der Waals surface area contributed by atoms with Crippen molar-refractivity contribution in [2.24, 2.45) is 0 Å². The lowest BCUT2D eigenvalue weighted by molar-refractivity contribution is 0.0975. The van der Waals surface area contributed by atoms with Crippen LogP contribution in [-0.4, -0.2) is 44.7 Å². The number of likely N-dealkylation sites (tertiary alicyclic amines) is 1. The molecule has 3 aromatic carbocycles. The molecule has 0 aromatic heterocycles. The summed E-state index contributed by atoms with van der Waals surface area (Å²) < 4.78 is 11.0. The highest BCUT2D eigenvalue weighted by Gasteiger charge is 2.46. The summed E-state index contributed by atoms with van der Waals surface area (Å²) in [6.45, 7) is 10.2.